The normalized spacial score (nSPS) is 20.7. The number of guanidine groups is 1. The quantitative estimate of drug-likeness (QED) is 0.551. The van der Waals surface area contributed by atoms with E-state index in [4.69, 9.17) is 0 Å². The number of rotatable bonds is 5. The molecule has 0 spiro atoms. The summed E-state index contributed by atoms with van der Waals surface area (Å²) in [5.74, 6) is 0.875. The lowest BCUT2D eigenvalue weighted by Crippen LogP contribution is -2.45. The first-order valence-corrected chi connectivity index (χ1v) is 10.8. The summed E-state index contributed by atoms with van der Waals surface area (Å²) in [5.41, 5.74) is 1.24. The summed E-state index contributed by atoms with van der Waals surface area (Å²) < 4.78 is 1.10. The third-order valence-corrected chi connectivity index (χ3v) is 5.67. The second-order valence-corrected chi connectivity index (χ2v) is 8.10. The van der Waals surface area contributed by atoms with Gasteiger partial charge < -0.3 is 20.4 Å². The molecule has 6 nitrogen and oxygen atoms in total. The molecule has 2 aliphatic heterocycles. The van der Waals surface area contributed by atoms with Gasteiger partial charge in [-0.15, -0.1) is 0 Å². The van der Waals surface area contributed by atoms with Crippen molar-refractivity contribution in [2.45, 2.75) is 38.6 Å². The molecule has 0 saturated carbocycles. The van der Waals surface area contributed by atoms with Gasteiger partial charge in [-0.1, -0.05) is 15.9 Å². The smallest absolute Gasteiger partial charge is 0.244 e. The van der Waals surface area contributed by atoms with Crippen molar-refractivity contribution < 1.29 is 4.79 Å². The average Bonchev–Trinajstić information content (AvgIpc) is 3.16. The monoisotopic (exact) mass is 435 g/mol. The van der Waals surface area contributed by atoms with Crippen molar-refractivity contribution in [3.05, 3.63) is 28.7 Å². The summed E-state index contributed by atoms with van der Waals surface area (Å²) in [5, 5.41) is 6.78. The Hall–Kier alpha value is -1.76. The van der Waals surface area contributed by atoms with Crippen molar-refractivity contribution in [1.82, 2.24) is 15.5 Å². The van der Waals surface area contributed by atoms with Crippen molar-refractivity contribution in [3.63, 3.8) is 0 Å². The molecule has 1 aromatic rings. The highest BCUT2D eigenvalue weighted by Gasteiger charge is 2.23. The van der Waals surface area contributed by atoms with Gasteiger partial charge in [0.2, 0.25) is 5.91 Å². The minimum atomic E-state index is 0.134. The van der Waals surface area contributed by atoms with Gasteiger partial charge in [-0.05, 0) is 56.9 Å². The minimum absolute atomic E-state index is 0.134. The number of aliphatic imine (C=N–C) groups is 1. The molecular formula is C20H30BrN5O. The molecule has 0 aliphatic carbocycles. The zero-order valence-electron chi connectivity index (χ0n) is 16.1. The maximum Gasteiger partial charge on any atom is 0.244 e. The molecule has 2 fully saturated rings. The number of likely N-dealkylation sites (tertiary alicyclic amines) is 1. The molecule has 0 aromatic heterocycles. The number of amides is 1. The highest BCUT2D eigenvalue weighted by Crippen LogP contribution is 2.22. The molecule has 2 aliphatic rings. The Labute approximate surface area is 170 Å². The van der Waals surface area contributed by atoms with Crippen LogP contribution in [0.25, 0.3) is 0 Å². The van der Waals surface area contributed by atoms with E-state index < -0.39 is 0 Å². The molecule has 1 unspecified atom stereocenters. The Morgan fingerprint density at radius 2 is 1.93 bits per heavy atom. The molecule has 148 valence electrons. The van der Waals surface area contributed by atoms with Crippen LogP contribution in [0, 0.1) is 0 Å². The van der Waals surface area contributed by atoms with E-state index in [0.717, 1.165) is 62.4 Å². The van der Waals surface area contributed by atoms with E-state index >= 15 is 0 Å². The molecule has 2 saturated heterocycles. The lowest BCUT2D eigenvalue weighted by molar-refractivity contribution is -0.130. The molecule has 1 aromatic carbocycles. The van der Waals surface area contributed by atoms with Gasteiger partial charge in [0.15, 0.2) is 5.96 Å². The third-order valence-electron chi connectivity index (χ3n) is 5.15. The summed E-state index contributed by atoms with van der Waals surface area (Å²) in [6.45, 7) is 6.77. The number of piperidine rings is 1. The zero-order chi connectivity index (χ0) is 19.1. The lowest BCUT2D eigenvalue weighted by Gasteiger charge is -2.26. The number of hydrogen-bond donors (Lipinski definition) is 2. The van der Waals surface area contributed by atoms with Crippen LogP contribution in [0.15, 0.2) is 33.7 Å². The Bertz CT molecular complexity index is 642. The largest absolute Gasteiger partial charge is 0.369 e. The topological polar surface area (TPSA) is 60.0 Å². The fourth-order valence-corrected chi connectivity index (χ4v) is 3.93. The van der Waals surface area contributed by atoms with Crippen LogP contribution >= 0.6 is 15.9 Å². The fourth-order valence-electron chi connectivity index (χ4n) is 3.67. The Kier molecular flexibility index (Phi) is 7.38. The van der Waals surface area contributed by atoms with Gasteiger partial charge in [-0.25, -0.2) is 4.99 Å². The number of carbonyl (C=O) groups is 1. The molecule has 2 N–H and O–H groups in total. The fraction of sp³-hybridized carbons (Fsp3) is 0.600. The van der Waals surface area contributed by atoms with E-state index in [-0.39, 0.29) is 12.5 Å². The Balaban J connectivity index is 1.52. The van der Waals surface area contributed by atoms with Crippen LogP contribution in [0.5, 0.6) is 0 Å². The maximum atomic E-state index is 12.4. The van der Waals surface area contributed by atoms with Crippen LogP contribution in [-0.2, 0) is 4.79 Å². The SMILES string of the molecule is CCNC(=NCC(=O)N1CCCCC1)NC1CCN(c2ccc(Br)cc2)C1. The summed E-state index contributed by atoms with van der Waals surface area (Å²) in [4.78, 5) is 21.2. The second kappa shape index (κ2) is 9.97. The Morgan fingerprint density at radius 3 is 2.63 bits per heavy atom. The molecule has 2 heterocycles. The zero-order valence-corrected chi connectivity index (χ0v) is 17.7. The van der Waals surface area contributed by atoms with Crippen LogP contribution in [0.4, 0.5) is 5.69 Å². The maximum absolute atomic E-state index is 12.4. The summed E-state index contributed by atoms with van der Waals surface area (Å²) >= 11 is 3.49. The van der Waals surface area contributed by atoms with Gasteiger partial charge in [0, 0.05) is 48.9 Å². The minimum Gasteiger partial charge on any atom is -0.369 e. The molecule has 0 bridgehead atoms. The number of nitrogens with one attached hydrogen (secondary N) is 2. The first kappa shape index (κ1) is 20.0. The number of anilines is 1. The third kappa shape index (κ3) is 5.86. The molecule has 27 heavy (non-hydrogen) atoms. The summed E-state index contributed by atoms with van der Waals surface area (Å²) in [7, 11) is 0. The van der Waals surface area contributed by atoms with Crippen LogP contribution in [0.1, 0.15) is 32.6 Å². The van der Waals surface area contributed by atoms with Gasteiger partial charge in [0.1, 0.15) is 6.54 Å². The van der Waals surface area contributed by atoms with E-state index in [2.05, 4.69) is 60.7 Å². The van der Waals surface area contributed by atoms with Crippen molar-refractivity contribution in [3.8, 4) is 0 Å². The first-order valence-electron chi connectivity index (χ1n) is 9.99. The number of carbonyl (C=O) groups excluding carboxylic acids is 1. The predicted molar refractivity (Wildman–Crippen MR) is 114 cm³/mol. The van der Waals surface area contributed by atoms with Crippen LogP contribution in [0.2, 0.25) is 0 Å². The van der Waals surface area contributed by atoms with Gasteiger partial charge in [-0.2, -0.15) is 0 Å². The molecule has 1 amide bonds. The van der Waals surface area contributed by atoms with E-state index in [9.17, 15) is 4.79 Å². The standard InChI is InChI=1S/C20H30BrN5O/c1-2-22-20(23-14-19(27)25-11-4-3-5-12-25)24-17-10-13-26(15-17)18-8-6-16(21)7-9-18/h6-9,17H,2-5,10-15H2,1H3,(H2,22,23,24). The molecule has 1 atom stereocenters. The highest BCUT2D eigenvalue weighted by molar-refractivity contribution is 9.10. The predicted octanol–water partition coefficient (Wildman–Crippen LogP) is 2.60. The van der Waals surface area contributed by atoms with Gasteiger partial charge >= 0.3 is 0 Å². The van der Waals surface area contributed by atoms with Crippen LogP contribution in [0.3, 0.4) is 0 Å². The van der Waals surface area contributed by atoms with Gasteiger partial charge in [0.25, 0.3) is 0 Å². The van der Waals surface area contributed by atoms with Crippen molar-refractivity contribution in [1.29, 1.82) is 0 Å². The van der Waals surface area contributed by atoms with E-state index in [0.29, 0.717) is 6.04 Å². The molecular weight excluding hydrogens is 406 g/mol. The summed E-state index contributed by atoms with van der Waals surface area (Å²) in [6.07, 6.45) is 4.51. The van der Waals surface area contributed by atoms with Crippen LogP contribution in [-0.4, -0.2) is 62.1 Å². The summed E-state index contributed by atoms with van der Waals surface area (Å²) in [6, 6.07) is 8.77. The molecule has 7 heteroatoms. The van der Waals surface area contributed by atoms with E-state index in [1.807, 2.05) is 11.8 Å². The van der Waals surface area contributed by atoms with Crippen molar-refractivity contribution in [2.24, 2.45) is 4.99 Å². The molecule has 3 rings (SSSR count). The second-order valence-electron chi connectivity index (χ2n) is 7.19. The first-order chi connectivity index (χ1) is 13.2. The van der Waals surface area contributed by atoms with Crippen molar-refractivity contribution >= 4 is 33.5 Å². The number of hydrogen-bond acceptors (Lipinski definition) is 3. The van der Waals surface area contributed by atoms with E-state index in [1.165, 1.54) is 12.1 Å². The van der Waals surface area contributed by atoms with Crippen LogP contribution < -0.4 is 15.5 Å². The lowest BCUT2D eigenvalue weighted by atomic mass is 10.1. The number of nitrogens with zero attached hydrogens (tertiary/aromatic N) is 3. The average molecular weight is 436 g/mol. The molecule has 0 radical (unpaired) electrons. The van der Waals surface area contributed by atoms with Gasteiger partial charge in [-0.3, -0.25) is 4.79 Å². The Morgan fingerprint density at radius 1 is 1.19 bits per heavy atom. The highest BCUT2D eigenvalue weighted by atomic mass is 79.9. The van der Waals surface area contributed by atoms with Crippen molar-refractivity contribution in [2.75, 3.05) is 44.2 Å². The number of benzene rings is 1. The van der Waals surface area contributed by atoms with E-state index in [1.54, 1.807) is 0 Å². The van der Waals surface area contributed by atoms with Gasteiger partial charge in [0.05, 0.1) is 0 Å². The number of halogens is 1.